The van der Waals surface area contributed by atoms with Gasteiger partial charge in [-0.15, -0.1) is 0 Å². The number of hydrogen-bond acceptors (Lipinski definition) is 4. The molecule has 0 amide bonds. The Labute approximate surface area is 96.3 Å². The summed E-state index contributed by atoms with van der Waals surface area (Å²) >= 11 is 0. The number of nitrogens with one attached hydrogen (secondary N) is 2. The van der Waals surface area contributed by atoms with Crippen molar-refractivity contribution in [1.82, 2.24) is 10.3 Å². The number of amidine groups is 1. The molecule has 0 radical (unpaired) electrons. The molecule has 2 N–H and O–H groups in total. The van der Waals surface area contributed by atoms with E-state index >= 15 is 0 Å². The number of hydrogen-bond donors (Lipinski definition) is 2. The molecular formula is C12H18N4. The van der Waals surface area contributed by atoms with Crippen LogP contribution in [-0.4, -0.2) is 30.5 Å². The minimum Gasteiger partial charge on any atom is -0.388 e. The molecule has 4 heteroatoms. The average Bonchev–Trinajstić information content (AvgIpc) is 2.55. The first kappa shape index (κ1) is 10.8. The molecule has 0 atom stereocenters. The van der Waals surface area contributed by atoms with Crippen LogP contribution in [0.1, 0.15) is 19.4 Å². The van der Waals surface area contributed by atoms with Crippen LogP contribution in [-0.2, 0) is 0 Å². The molecule has 1 aromatic carbocycles. The third kappa shape index (κ3) is 1.71. The monoisotopic (exact) mass is 218 g/mol. The predicted octanol–water partition coefficient (Wildman–Crippen LogP) is 1.66. The van der Waals surface area contributed by atoms with Crippen LogP contribution in [0.2, 0.25) is 0 Å². The molecule has 0 aliphatic carbocycles. The fourth-order valence-corrected chi connectivity index (χ4v) is 1.65. The van der Waals surface area contributed by atoms with Crippen LogP contribution in [0.15, 0.2) is 29.4 Å². The topological polar surface area (TPSA) is 39.7 Å². The van der Waals surface area contributed by atoms with E-state index in [-0.39, 0.29) is 5.66 Å². The standard InChI is InChI=1S/C12H18N4/c1-12(2)15-14-11(16(12)4)9-5-7-10(13-3)8-6-9/h5-8,13,15H,1-4H3. The van der Waals surface area contributed by atoms with E-state index in [1.807, 2.05) is 14.1 Å². The zero-order valence-corrected chi connectivity index (χ0v) is 10.2. The van der Waals surface area contributed by atoms with Crippen molar-refractivity contribution in [2.24, 2.45) is 5.10 Å². The summed E-state index contributed by atoms with van der Waals surface area (Å²) in [6.07, 6.45) is 0. The minimum atomic E-state index is -0.114. The lowest BCUT2D eigenvalue weighted by atomic mass is 10.1. The van der Waals surface area contributed by atoms with Crippen molar-refractivity contribution in [1.29, 1.82) is 0 Å². The van der Waals surface area contributed by atoms with E-state index in [1.54, 1.807) is 0 Å². The Bertz CT molecular complexity index is 406. The van der Waals surface area contributed by atoms with Gasteiger partial charge in [0.15, 0.2) is 5.84 Å². The smallest absolute Gasteiger partial charge is 0.157 e. The van der Waals surface area contributed by atoms with E-state index in [0.29, 0.717) is 0 Å². The second-order valence-electron chi connectivity index (χ2n) is 4.49. The van der Waals surface area contributed by atoms with Crippen LogP contribution in [0.3, 0.4) is 0 Å². The van der Waals surface area contributed by atoms with Gasteiger partial charge in [-0.1, -0.05) is 0 Å². The van der Waals surface area contributed by atoms with Gasteiger partial charge in [-0.05, 0) is 38.1 Å². The molecule has 0 bridgehead atoms. The molecule has 1 aliphatic rings. The summed E-state index contributed by atoms with van der Waals surface area (Å²) in [4.78, 5) is 2.14. The Balaban J connectivity index is 2.26. The molecule has 1 aliphatic heterocycles. The van der Waals surface area contributed by atoms with E-state index < -0.39 is 0 Å². The van der Waals surface area contributed by atoms with Gasteiger partial charge in [-0.25, -0.2) is 0 Å². The minimum absolute atomic E-state index is 0.114. The normalized spacial score (nSPS) is 18.0. The van der Waals surface area contributed by atoms with Crippen LogP contribution in [0.4, 0.5) is 5.69 Å². The summed E-state index contributed by atoms with van der Waals surface area (Å²) < 4.78 is 0. The summed E-state index contributed by atoms with van der Waals surface area (Å²) in [5.74, 6) is 0.979. The lowest BCUT2D eigenvalue weighted by molar-refractivity contribution is 0.235. The summed E-state index contributed by atoms with van der Waals surface area (Å²) in [6.45, 7) is 4.21. The highest BCUT2D eigenvalue weighted by Crippen LogP contribution is 2.20. The Morgan fingerprint density at radius 1 is 1.25 bits per heavy atom. The van der Waals surface area contributed by atoms with Crippen LogP contribution in [0, 0.1) is 0 Å². The van der Waals surface area contributed by atoms with Crippen molar-refractivity contribution in [2.45, 2.75) is 19.5 Å². The zero-order chi connectivity index (χ0) is 11.8. The maximum Gasteiger partial charge on any atom is 0.157 e. The van der Waals surface area contributed by atoms with Crippen LogP contribution < -0.4 is 10.7 Å². The van der Waals surface area contributed by atoms with Gasteiger partial charge < -0.3 is 10.2 Å². The van der Waals surface area contributed by atoms with Gasteiger partial charge in [0, 0.05) is 25.3 Å². The Hall–Kier alpha value is -1.71. The van der Waals surface area contributed by atoms with Crippen molar-refractivity contribution in [3.63, 3.8) is 0 Å². The number of benzene rings is 1. The molecule has 16 heavy (non-hydrogen) atoms. The van der Waals surface area contributed by atoms with Crippen molar-refractivity contribution in [2.75, 3.05) is 19.4 Å². The van der Waals surface area contributed by atoms with E-state index in [4.69, 9.17) is 0 Å². The molecule has 0 saturated heterocycles. The van der Waals surface area contributed by atoms with Gasteiger partial charge in [0.25, 0.3) is 0 Å². The van der Waals surface area contributed by atoms with Gasteiger partial charge >= 0.3 is 0 Å². The van der Waals surface area contributed by atoms with Crippen LogP contribution >= 0.6 is 0 Å². The summed E-state index contributed by atoms with van der Waals surface area (Å²) in [5, 5.41) is 7.47. The van der Waals surface area contributed by atoms with Crippen molar-refractivity contribution < 1.29 is 0 Å². The highest BCUT2D eigenvalue weighted by molar-refractivity contribution is 6.00. The van der Waals surface area contributed by atoms with Crippen molar-refractivity contribution in [3.05, 3.63) is 29.8 Å². The molecule has 1 heterocycles. The molecule has 4 nitrogen and oxygen atoms in total. The fourth-order valence-electron chi connectivity index (χ4n) is 1.65. The predicted molar refractivity (Wildman–Crippen MR) is 67.5 cm³/mol. The second-order valence-corrected chi connectivity index (χ2v) is 4.49. The summed E-state index contributed by atoms with van der Waals surface area (Å²) in [5.41, 5.74) is 5.24. The average molecular weight is 218 g/mol. The van der Waals surface area contributed by atoms with Crippen molar-refractivity contribution >= 4 is 11.5 Å². The molecule has 0 aromatic heterocycles. The van der Waals surface area contributed by atoms with Gasteiger partial charge in [0.05, 0.1) is 0 Å². The van der Waals surface area contributed by atoms with E-state index in [2.05, 4.69) is 58.9 Å². The number of rotatable bonds is 2. The SMILES string of the molecule is CNc1ccc(C2=NNC(C)(C)N2C)cc1. The zero-order valence-electron chi connectivity index (χ0n) is 10.2. The molecule has 2 rings (SSSR count). The first-order valence-corrected chi connectivity index (χ1v) is 5.41. The molecule has 1 aromatic rings. The number of hydrazone groups is 1. The maximum absolute atomic E-state index is 4.37. The van der Waals surface area contributed by atoms with Crippen molar-refractivity contribution in [3.8, 4) is 0 Å². The largest absolute Gasteiger partial charge is 0.388 e. The quantitative estimate of drug-likeness (QED) is 0.793. The molecule has 0 unspecified atom stereocenters. The number of anilines is 1. The fraction of sp³-hybridized carbons (Fsp3) is 0.417. The lowest BCUT2D eigenvalue weighted by Gasteiger charge is -2.29. The highest BCUT2D eigenvalue weighted by atomic mass is 15.5. The Morgan fingerprint density at radius 2 is 1.88 bits per heavy atom. The lowest BCUT2D eigenvalue weighted by Crippen LogP contribution is -2.46. The molecule has 0 fully saturated rings. The van der Waals surface area contributed by atoms with E-state index in [9.17, 15) is 0 Å². The summed E-state index contributed by atoms with van der Waals surface area (Å²) in [6, 6.07) is 8.25. The van der Waals surface area contributed by atoms with Crippen LogP contribution in [0.5, 0.6) is 0 Å². The maximum atomic E-state index is 4.37. The van der Waals surface area contributed by atoms with Gasteiger partial charge in [-0.2, -0.15) is 5.10 Å². The Morgan fingerprint density at radius 3 is 2.31 bits per heavy atom. The van der Waals surface area contributed by atoms with Gasteiger partial charge in [-0.3, -0.25) is 5.43 Å². The highest BCUT2D eigenvalue weighted by Gasteiger charge is 2.31. The van der Waals surface area contributed by atoms with E-state index in [1.165, 1.54) is 0 Å². The number of nitrogens with zero attached hydrogens (tertiary/aromatic N) is 2. The first-order valence-electron chi connectivity index (χ1n) is 5.41. The van der Waals surface area contributed by atoms with Crippen LogP contribution in [0.25, 0.3) is 0 Å². The molecule has 86 valence electrons. The third-order valence-electron chi connectivity index (χ3n) is 3.02. The first-order chi connectivity index (χ1) is 7.54. The summed E-state index contributed by atoms with van der Waals surface area (Å²) in [7, 11) is 3.96. The third-order valence-corrected chi connectivity index (χ3v) is 3.02. The molecule has 0 spiro atoms. The van der Waals surface area contributed by atoms with Gasteiger partial charge in [0.1, 0.15) is 5.66 Å². The molecule has 0 saturated carbocycles. The van der Waals surface area contributed by atoms with Gasteiger partial charge in [0.2, 0.25) is 0 Å². The van der Waals surface area contributed by atoms with E-state index in [0.717, 1.165) is 17.1 Å². The second kappa shape index (κ2) is 3.70. The molecular weight excluding hydrogens is 200 g/mol. The Kier molecular flexibility index (Phi) is 2.50.